The third kappa shape index (κ3) is 9.57. The Morgan fingerprint density at radius 3 is 1.69 bits per heavy atom. The minimum Gasteiger partial charge on any atom is -0.484 e. The Balaban J connectivity index is 1.96. The molecule has 0 bridgehead atoms. The van der Waals surface area contributed by atoms with Gasteiger partial charge in [-0.3, -0.25) is 0 Å². The average molecular weight is 594 g/mol. The van der Waals surface area contributed by atoms with Crippen molar-refractivity contribution in [2.45, 2.75) is 84.0 Å². The number of hydrogen-bond donors (Lipinski definition) is 0. The zero-order chi connectivity index (χ0) is 31.2. The van der Waals surface area contributed by atoms with Crippen LogP contribution in [0.1, 0.15) is 48.5 Å². The molecule has 1 heterocycles. The molecule has 230 valence electrons. The fourth-order valence-corrected chi connectivity index (χ4v) is 3.85. The van der Waals surface area contributed by atoms with Crippen LogP contribution in [-0.2, 0) is 23.7 Å². The number of carbonyl (C=O) groups excluding carboxylic acids is 3. The lowest BCUT2D eigenvalue weighted by Gasteiger charge is -2.32. The molecule has 10 nitrogen and oxygen atoms in total. The SMILES string of the molecule is C[C@@H]1OC(=O)[C@@H](N(C(=O)OC(C)(C)C)C(=O)OC(C)(C)C)COC[C@H](Oc2ccc(F)cc2)[C@H]1Oc1ccc(F)cc1. The molecule has 1 aliphatic heterocycles. The molecule has 0 unspecified atom stereocenters. The number of imide groups is 1. The second-order valence-electron chi connectivity index (χ2n) is 11.7. The monoisotopic (exact) mass is 593 g/mol. The highest BCUT2D eigenvalue weighted by atomic mass is 19.1. The molecule has 1 saturated heterocycles. The molecule has 0 N–H and O–H groups in total. The molecule has 1 fully saturated rings. The lowest BCUT2D eigenvalue weighted by Crippen LogP contribution is -2.54. The fraction of sp³-hybridized carbons (Fsp3) is 0.500. The number of halogens is 2. The van der Waals surface area contributed by atoms with E-state index in [1.807, 2.05) is 0 Å². The van der Waals surface area contributed by atoms with Crippen molar-refractivity contribution in [3.05, 3.63) is 60.2 Å². The molecule has 42 heavy (non-hydrogen) atoms. The molecule has 0 aliphatic carbocycles. The maximum atomic E-state index is 13.5. The molecule has 2 amide bonds. The first kappa shape index (κ1) is 32.6. The van der Waals surface area contributed by atoms with Gasteiger partial charge in [-0.05, 0) is 97.0 Å². The summed E-state index contributed by atoms with van der Waals surface area (Å²) < 4.78 is 61.5. The van der Waals surface area contributed by atoms with Crippen molar-refractivity contribution < 1.29 is 51.6 Å². The summed E-state index contributed by atoms with van der Waals surface area (Å²) in [7, 11) is 0. The first-order chi connectivity index (χ1) is 19.5. The Bertz CT molecular complexity index is 1200. The van der Waals surface area contributed by atoms with Crippen LogP contribution in [0, 0.1) is 11.6 Å². The third-order valence-electron chi connectivity index (χ3n) is 5.64. The van der Waals surface area contributed by atoms with Crippen LogP contribution < -0.4 is 9.47 Å². The topological polar surface area (TPSA) is 110 Å². The summed E-state index contributed by atoms with van der Waals surface area (Å²) in [5.74, 6) is -1.42. The predicted molar refractivity (Wildman–Crippen MR) is 146 cm³/mol. The van der Waals surface area contributed by atoms with Crippen molar-refractivity contribution in [1.29, 1.82) is 0 Å². The van der Waals surface area contributed by atoms with E-state index in [0.717, 1.165) is 0 Å². The standard InChI is InChI=1S/C30H37F2NO9/c1-18-25(40-22-14-10-20(32)11-15-22)24(39-21-12-8-19(31)9-13-21)17-37-16-23(26(34)38-18)33(27(35)41-29(2,3)4)28(36)42-30(5,6)7/h8-15,18,23-25H,16-17H2,1-7H3/t18-,23-,24-,25-/m0/s1. The highest BCUT2D eigenvalue weighted by Gasteiger charge is 2.45. The fourth-order valence-electron chi connectivity index (χ4n) is 3.85. The van der Waals surface area contributed by atoms with E-state index in [-0.39, 0.29) is 18.1 Å². The smallest absolute Gasteiger partial charge is 0.420 e. The molecular weight excluding hydrogens is 556 g/mol. The van der Waals surface area contributed by atoms with Gasteiger partial charge in [-0.1, -0.05) is 0 Å². The molecule has 0 radical (unpaired) electrons. The zero-order valence-electron chi connectivity index (χ0n) is 24.7. The number of carbonyl (C=O) groups is 3. The highest BCUT2D eigenvalue weighted by Crippen LogP contribution is 2.25. The average Bonchev–Trinajstić information content (AvgIpc) is 2.90. The molecule has 1 aliphatic rings. The molecule has 0 saturated carbocycles. The van der Waals surface area contributed by atoms with Crippen LogP contribution in [0.25, 0.3) is 0 Å². The lowest BCUT2D eigenvalue weighted by atomic mass is 10.1. The van der Waals surface area contributed by atoms with Crippen LogP contribution in [-0.4, -0.2) is 71.8 Å². The van der Waals surface area contributed by atoms with Gasteiger partial charge in [-0.15, -0.1) is 0 Å². The van der Waals surface area contributed by atoms with E-state index in [1.54, 1.807) is 41.5 Å². The van der Waals surface area contributed by atoms with Crippen molar-refractivity contribution in [2.24, 2.45) is 0 Å². The molecular formula is C30H37F2NO9. The number of esters is 1. The van der Waals surface area contributed by atoms with Crippen molar-refractivity contribution in [3.63, 3.8) is 0 Å². The summed E-state index contributed by atoms with van der Waals surface area (Å²) in [6.45, 7) is 10.5. The van der Waals surface area contributed by atoms with Gasteiger partial charge in [0.05, 0.1) is 13.2 Å². The highest BCUT2D eigenvalue weighted by molar-refractivity contribution is 5.94. The quantitative estimate of drug-likeness (QED) is 0.320. The van der Waals surface area contributed by atoms with Crippen LogP contribution in [0.5, 0.6) is 11.5 Å². The second kappa shape index (κ2) is 13.4. The van der Waals surface area contributed by atoms with E-state index in [4.69, 9.17) is 28.4 Å². The Hall–Kier alpha value is -3.93. The number of cyclic esters (lactones) is 1. The maximum absolute atomic E-state index is 13.5. The Labute approximate surface area is 243 Å². The van der Waals surface area contributed by atoms with Gasteiger partial charge in [0.15, 0.2) is 18.2 Å². The van der Waals surface area contributed by atoms with Crippen LogP contribution in [0.4, 0.5) is 18.4 Å². The molecule has 0 spiro atoms. The summed E-state index contributed by atoms with van der Waals surface area (Å²) in [5, 5.41) is 0. The number of rotatable bonds is 5. The Morgan fingerprint density at radius 1 is 0.786 bits per heavy atom. The predicted octanol–water partition coefficient (Wildman–Crippen LogP) is 5.66. The van der Waals surface area contributed by atoms with Crippen LogP contribution in [0.15, 0.2) is 48.5 Å². The first-order valence-corrected chi connectivity index (χ1v) is 13.4. The number of ether oxygens (including phenoxy) is 6. The Morgan fingerprint density at radius 2 is 1.24 bits per heavy atom. The van der Waals surface area contributed by atoms with Gasteiger partial charge in [0.25, 0.3) is 0 Å². The summed E-state index contributed by atoms with van der Waals surface area (Å²) >= 11 is 0. The lowest BCUT2D eigenvalue weighted by molar-refractivity contribution is -0.160. The van der Waals surface area contributed by atoms with E-state index < -0.39 is 72.0 Å². The van der Waals surface area contributed by atoms with E-state index in [2.05, 4.69) is 0 Å². The van der Waals surface area contributed by atoms with Crippen LogP contribution in [0.2, 0.25) is 0 Å². The maximum Gasteiger partial charge on any atom is 0.420 e. The van der Waals surface area contributed by atoms with Crippen LogP contribution in [0.3, 0.4) is 0 Å². The summed E-state index contributed by atoms with van der Waals surface area (Å²) in [6.07, 6.45) is -5.28. The molecule has 2 aromatic rings. The van der Waals surface area contributed by atoms with Gasteiger partial charge in [0, 0.05) is 0 Å². The minimum absolute atomic E-state index is 0.211. The number of hydrogen-bond acceptors (Lipinski definition) is 9. The van der Waals surface area contributed by atoms with Crippen molar-refractivity contribution >= 4 is 18.2 Å². The number of benzene rings is 2. The first-order valence-electron chi connectivity index (χ1n) is 13.4. The second-order valence-corrected chi connectivity index (χ2v) is 11.7. The normalized spacial score (nSPS) is 21.6. The van der Waals surface area contributed by atoms with Gasteiger partial charge in [-0.2, -0.15) is 4.90 Å². The van der Waals surface area contributed by atoms with E-state index in [9.17, 15) is 23.2 Å². The Kier molecular flexibility index (Phi) is 10.4. The van der Waals surface area contributed by atoms with Gasteiger partial charge in [-0.25, -0.2) is 23.2 Å². The van der Waals surface area contributed by atoms with Crippen molar-refractivity contribution in [2.75, 3.05) is 13.2 Å². The van der Waals surface area contributed by atoms with Crippen molar-refractivity contribution in [3.8, 4) is 11.5 Å². The minimum atomic E-state index is -1.59. The van der Waals surface area contributed by atoms with Gasteiger partial charge < -0.3 is 28.4 Å². The van der Waals surface area contributed by atoms with Crippen LogP contribution >= 0.6 is 0 Å². The molecule has 2 aromatic carbocycles. The van der Waals surface area contributed by atoms with E-state index in [1.165, 1.54) is 55.5 Å². The third-order valence-corrected chi connectivity index (χ3v) is 5.64. The molecule has 4 atom stereocenters. The summed E-state index contributed by atoms with van der Waals surface area (Å²) in [4.78, 5) is 40.4. The van der Waals surface area contributed by atoms with Gasteiger partial charge in [0.1, 0.15) is 40.4 Å². The summed E-state index contributed by atoms with van der Waals surface area (Å²) in [6, 6.07) is 8.82. The van der Waals surface area contributed by atoms with Gasteiger partial charge in [0.2, 0.25) is 0 Å². The van der Waals surface area contributed by atoms with E-state index >= 15 is 0 Å². The van der Waals surface area contributed by atoms with Gasteiger partial charge >= 0.3 is 18.2 Å². The largest absolute Gasteiger partial charge is 0.484 e. The number of amides is 2. The van der Waals surface area contributed by atoms with E-state index in [0.29, 0.717) is 4.90 Å². The van der Waals surface area contributed by atoms with Crippen molar-refractivity contribution in [1.82, 2.24) is 4.90 Å². The molecule has 12 heteroatoms. The molecule has 3 rings (SSSR count). The summed E-state index contributed by atoms with van der Waals surface area (Å²) in [5.41, 5.74) is -2.01. The molecule has 0 aromatic heterocycles. The zero-order valence-corrected chi connectivity index (χ0v) is 24.7. The number of nitrogens with zero attached hydrogens (tertiary/aromatic N) is 1.